The van der Waals surface area contributed by atoms with Gasteiger partial charge >= 0.3 is 6.18 Å². The second-order valence-electron chi connectivity index (χ2n) is 3.70. The molecule has 0 aliphatic carbocycles. The monoisotopic (exact) mass is 296 g/mol. The van der Waals surface area contributed by atoms with Crippen LogP contribution < -0.4 is 11.1 Å². The number of nitrogens with one attached hydrogen (secondary N) is 1. The third-order valence-electron chi connectivity index (χ3n) is 2.05. The van der Waals surface area contributed by atoms with Crippen LogP contribution in [0.25, 0.3) is 0 Å². The van der Waals surface area contributed by atoms with E-state index in [4.69, 9.17) is 17.3 Å². The molecule has 1 rings (SSSR count). The molecule has 0 radical (unpaired) electrons. The van der Waals surface area contributed by atoms with E-state index in [2.05, 4.69) is 10.1 Å². The molecule has 0 saturated carbocycles. The summed E-state index contributed by atoms with van der Waals surface area (Å²) in [5.41, 5.74) is 6.18. The van der Waals surface area contributed by atoms with Crippen LogP contribution in [-0.4, -0.2) is 25.3 Å². The zero-order valence-corrected chi connectivity index (χ0v) is 10.5. The average Bonchev–Trinajstić information content (AvgIpc) is 2.27. The highest BCUT2D eigenvalue weighted by Crippen LogP contribution is 2.22. The van der Waals surface area contributed by atoms with Gasteiger partial charge in [-0.2, -0.15) is 13.2 Å². The zero-order valence-electron chi connectivity index (χ0n) is 9.76. The average molecular weight is 297 g/mol. The Kier molecular flexibility index (Phi) is 5.44. The molecule has 1 aromatic carbocycles. The number of benzene rings is 1. The van der Waals surface area contributed by atoms with Crippen LogP contribution in [0.5, 0.6) is 0 Å². The molecule has 0 unspecified atom stereocenters. The first-order valence-electron chi connectivity index (χ1n) is 5.27. The van der Waals surface area contributed by atoms with E-state index in [1.807, 2.05) is 0 Å². The van der Waals surface area contributed by atoms with Crippen LogP contribution in [-0.2, 0) is 9.53 Å². The van der Waals surface area contributed by atoms with Gasteiger partial charge in [0.1, 0.15) is 6.61 Å². The molecule has 1 amide bonds. The summed E-state index contributed by atoms with van der Waals surface area (Å²) < 4.78 is 40.0. The maximum Gasteiger partial charge on any atom is 0.391 e. The van der Waals surface area contributed by atoms with Crippen LogP contribution in [0.4, 0.5) is 24.5 Å². The van der Waals surface area contributed by atoms with Crippen LogP contribution >= 0.6 is 11.6 Å². The number of anilines is 2. The van der Waals surface area contributed by atoms with Crippen molar-refractivity contribution in [3.63, 3.8) is 0 Å². The minimum absolute atomic E-state index is 0.260. The van der Waals surface area contributed by atoms with E-state index >= 15 is 0 Å². The van der Waals surface area contributed by atoms with Crippen molar-refractivity contribution in [2.75, 3.05) is 24.3 Å². The predicted molar refractivity (Wildman–Crippen MR) is 66.0 cm³/mol. The van der Waals surface area contributed by atoms with Crippen molar-refractivity contribution < 1.29 is 22.7 Å². The molecule has 0 heterocycles. The lowest BCUT2D eigenvalue weighted by Gasteiger charge is -2.09. The normalized spacial score (nSPS) is 11.4. The highest BCUT2D eigenvalue weighted by molar-refractivity contribution is 6.31. The van der Waals surface area contributed by atoms with E-state index in [-0.39, 0.29) is 5.69 Å². The van der Waals surface area contributed by atoms with Crippen molar-refractivity contribution in [2.24, 2.45) is 0 Å². The number of rotatable bonds is 5. The molecular formula is C11H12ClF3N2O2. The molecule has 19 heavy (non-hydrogen) atoms. The summed E-state index contributed by atoms with van der Waals surface area (Å²) in [6.45, 7) is -1.04. The van der Waals surface area contributed by atoms with Crippen molar-refractivity contribution in [3.8, 4) is 0 Å². The lowest BCUT2D eigenvalue weighted by Crippen LogP contribution is -2.21. The molecule has 3 N–H and O–H groups in total. The van der Waals surface area contributed by atoms with Crippen molar-refractivity contribution in [3.05, 3.63) is 23.2 Å². The number of alkyl halides is 3. The zero-order chi connectivity index (χ0) is 14.5. The van der Waals surface area contributed by atoms with Gasteiger partial charge in [-0.05, 0) is 18.2 Å². The third kappa shape index (κ3) is 6.30. The van der Waals surface area contributed by atoms with Gasteiger partial charge in [-0.3, -0.25) is 4.79 Å². The number of carbonyl (C=O) groups is 1. The number of carbonyl (C=O) groups excluding carboxylic acids is 1. The Balaban J connectivity index is 2.35. The molecule has 106 valence electrons. The number of ether oxygens (including phenoxy) is 1. The van der Waals surface area contributed by atoms with Crippen LogP contribution in [0.15, 0.2) is 18.2 Å². The van der Waals surface area contributed by atoms with Crippen LogP contribution in [0.3, 0.4) is 0 Å². The van der Waals surface area contributed by atoms with Crippen molar-refractivity contribution in [2.45, 2.75) is 12.6 Å². The first-order chi connectivity index (χ1) is 8.78. The minimum atomic E-state index is -4.29. The Bertz CT molecular complexity index is 452. The molecule has 1 aromatic rings. The highest BCUT2D eigenvalue weighted by atomic mass is 35.5. The molecule has 0 spiro atoms. The van der Waals surface area contributed by atoms with E-state index < -0.39 is 31.7 Å². The topological polar surface area (TPSA) is 64.3 Å². The molecule has 4 nitrogen and oxygen atoms in total. The molecule has 0 aliphatic rings. The Hall–Kier alpha value is -1.47. The lowest BCUT2D eigenvalue weighted by molar-refractivity contribution is -0.147. The van der Waals surface area contributed by atoms with Crippen LogP contribution in [0.2, 0.25) is 5.02 Å². The van der Waals surface area contributed by atoms with E-state index in [0.29, 0.717) is 10.7 Å². The molecular weight excluding hydrogens is 285 g/mol. The largest absolute Gasteiger partial charge is 0.397 e. The smallest absolute Gasteiger partial charge is 0.391 e. The number of nitrogens with two attached hydrogens (primary N) is 1. The molecule has 0 saturated heterocycles. The van der Waals surface area contributed by atoms with Gasteiger partial charge in [0, 0.05) is 5.02 Å². The van der Waals surface area contributed by atoms with E-state index in [1.54, 1.807) is 0 Å². The fourth-order valence-corrected chi connectivity index (χ4v) is 1.37. The number of hydrogen-bond acceptors (Lipinski definition) is 3. The van der Waals surface area contributed by atoms with E-state index in [0.717, 1.165) is 0 Å². The number of amides is 1. The second-order valence-corrected chi connectivity index (χ2v) is 4.13. The van der Waals surface area contributed by atoms with Crippen molar-refractivity contribution in [1.82, 2.24) is 0 Å². The summed E-state index contributed by atoms with van der Waals surface area (Å²) in [6, 6.07) is 4.46. The van der Waals surface area contributed by atoms with Gasteiger partial charge < -0.3 is 15.8 Å². The molecule has 0 fully saturated rings. The predicted octanol–water partition coefficient (Wildman–Crippen LogP) is 2.83. The fourth-order valence-electron chi connectivity index (χ4n) is 1.19. The Morgan fingerprint density at radius 1 is 1.42 bits per heavy atom. The van der Waals surface area contributed by atoms with Crippen LogP contribution in [0.1, 0.15) is 6.42 Å². The van der Waals surface area contributed by atoms with Crippen molar-refractivity contribution in [1.29, 1.82) is 0 Å². The van der Waals surface area contributed by atoms with Crippen molar-refractivity contribution >= 4 is 28.9 Å². The summed E-state index contributed by atoms with van der Waals surface area (Å²) in [5.74, 6) is -0.587. The van der Waals surface area contributed by atoms with Gasteiger partial charge in [-0.25, -0.2) is 0 Å². The summed E-state index contributed by atoms with van der Waals surface area (Å²) in [7, 11) is 0. The quantitative estimate of drug-likeness (QED) is 0.649. The first-order valence-corrected chi connectivity index (χ1v) is 5.65. The Morgan fingerprint density at radius 3 is 2.68 bits per heavy atom. The fraction of sp³-hybridized carbons (Fsp3) is 0.364. The second kappa shape index (κ2) is 6.63. The van der Waals surface area contributed by atoms with Crippen LogP contribution in [0, 0.1) is 0 Å². The molecule has 0 atom stereocenters. The van der Waals surface area contributed by atoms with E-state index in [1.165, 1.54) is 18.2 Å². The summed E-state index contributed by atoms with van der Waals surface area (Å²) in [5, 5.41) is 2.82. The summed E-state index contributed by atoms with van der Waals surface area (Å²) >= 11 is 5.67. The van der Waals surface area contributed by atoms with Gasteiger partial charge in [0.05, 0.1) is 24.4 Å². The first kappa shape index (κ1) is 15.6. The van der Waals surface area contributed by atoms with Gasteiger partial charge in [0.25, 0.3) is 0 Å². The molecule has 0 bridgehead atoms. The number of halogens is 4. The van der Waals surface area contributed by atoms with Gasteiger partial charge in [-0.1, -0.05) is 11.6 Å². The SMILES string of the molecule is Nc1cc(Cl)ccc1NC(=O)COCCC(F)(F)F. The minimum Gasteiger partial charge on any atom is -0.397 e. The highest BCUT2D eigenvalue weighted by Gasteiger charge is 2.26. The molecule has 8 heteroatoms. The lowest BCUT2D eigenvalue weighted by atomic mass is 10.2. The maximum atomic E-state index is 11.8. The molecule has 0 aliphatic heterocycles. The third-order valence-corrected chi connectivity index (χ3v) is 2.29. The standard InChI is InChI=1S/C11H12ClF3N2O2/c12-7-1-2-9(8(16)5-7)17-10(18)6-19-4-3-11(13,14)15/h1-2,5H,3-4,6,16H2,(H,17,18). The maximum absolute atomic E-state index is 11.8. The summed E-state index contributed by atoms with van der Waals surface area (Å²) in [6.07, 6.45) is -5.39. The Morgan fingerprint density at radius 2 is 2.11 bits per heavy atom. The van der Waals surface area contributed by atoms with E-state index in [9.17, 15) is 18.0 Å². The number of hydrogen-bond donors (Lipinski definition) is 2. The van der Waals surface area contributed by atoms with Gasteiger partial charge in [0.15, 0.2) is 0 Å². The summed E-state index contributed by atoms with van der Waals surface area (Å²) in [4.78, 5) is 11.4. The number of nitrogen functional groups attached to an aromatic ring is 1. The molecule has 0 aromatic heterocycles. The van der Waals surface area contributed by atoms with Gasteiger partial charge in [-0.15, -0.1) is 0 Å². The van der Waals surface area contributed by atoms with Gasteiger partial charge in [0.2, 0.25) is 5.91 Å². The Labute approximate surface area is 112 Å².